The Morgan fingerprint density at radius 3 is 2.32 bits per heavy atom. The van der Waals surface area contributed by atoms with Crippen molar-refractivity contribution in [3.05, 3.63) is 59.4 Å². The first-order valence-electron chi connectivity index (χ1n) is 7.20. The Morgan fingerprint density at radius 2 is 1.68 bits per heavy atom. The Bertz CT molecular complexity index is 866. The second-order valence-electron chi connectivity index (χ2n) is 5.18. The molecule has 1 N–H and O–H groups in total. The Kier molecular flexibility index (Phi) is 4.58. The van der Waals surface area contributed by atoms with Crippen LogP contribution in [0.1, 0.15) is 0 Å². The van der Waals surface area contributed by atoms with Crippen molar-refractivity contribution in [3.8, 4) is 0 Å². The third-order valence-electron chi connectivity index (χ3n) is 3.49. The summed E-state index contributed by atoms with van der Waals surface area (Å²) in [7, 11) is 0. The van der Waals surface area contributed by atoms with Crippen LogP contribution in [0.3, 0.4) is 0 Å². The summed E-state index contributed by atoms with van der Waals surface area (Å²) in [4.78, 5) is 41.3. The van der Waals surface area contributed by atoms with Gasteiger partial charge >= 0.3 is 6.03 Å². The minimum absolute atomic E-state index is 0.154. The van der Waals surface area contributed by atoms with E-state index in [1.165, 1.54) is 12.1 Å². The van der Waals surface area contributed by atoms with Crippen molar-refractivity contribution in [2.24, 2.45) is 10.9 Å². The molecule has 2 aromatic rings. The predicted molar refractivity (Wildman–Crippen MR) is 90.5 cm³/mol. The minimum Gasteiger partial charge on any atom is -0.276 e. The number of anilines is 1. The molecule has 1 aliphatic rings. The second-order valence-corrected chi connectivity index (χ2v) is 5.61. The van der Waals surface area contributed by atoms with E-state index in [1.54, 1.807) is 24.3 Å². The van der Waals surface area contributed by atoms with E-state index < -0.39 is 29.6 Å². The first-order chi connectivity index (χ1) is 12.0. The first kappa shape index (κ1) is 16.8. The zero-order valence-corrected chi connectivity index (χ0v) is 13.4. The topological polar surface area (TPSA) is 78.8 Å². The van der Waals surface area contributed by atoms with Crippen molar-refractivity contribution in [3.63, 3.8) is 0 Å². The Labute approximate surface area is 146 Å². The number of aliphatic imine (C=N–C) groups is 1. The van der Waals surface area contributed by atoms with Crippen LogP contribution in [0.25, 0.3) is 0 Å². The number of benzene rings is 2. The standard InChI is InChI=1S/C17H11ClFN3O3/c18-10-1-5-12(6-2-10)20-9-14-15(23)21-17(25)22(16(14)24)13-7-3-11(19)4-8-13/h1-9,14H,(H,21,23,25)/t14-/m1/s1. The van der Waals surface area contributed by atoms with Crippen LogP contribution in [-0.4, -0.2) is 24.1 Å². The number of carbonyl (C=O) groups is 3. The van der Waals surface area contributed by atoms with Gasteiger partial charge in [-0.2, -0.15) is 0 Å². The molecule has 3 rings (SSSR count). The van der Waals surface area contributed by atoms with Crippen LogP contribution < -0.4 is 10.2 Å². The van der Waals surface area contributed by atoms with Crippen molar-refractivity contribution in [1.29, 1.82) is 0 Å². The van der Waals surface area contributed by atoms with Gasteiger partial charge in [0.15, 0.2) is 5.92 Å². The van der Waals surface area contributed by atoms with Gasteiger partial charge in [0.2, 0.25) is 5.91 Å². The van der Waals surface area contributed by atoms with E-state index in [0.29, 0.717) is 10.7 Å². The van der Waals surface area contributed by atoms with Crippen molar-refractivity contribution in [1.82, 2.24) is 5.32 Å². The van der Waals surface area contributed by atoms with Gasteiger partial charge in [-0.05, 0) is 48.5 Å². The van der Waals surface area contributed by atoms with Crippen molar-refractivity contribution >= 4 is 47.0 Å². The first-order valence-corrected chi connectivity index (χ1v) is 7.57. The molecule has 4 amide bonds. The van der Waals surface area contributed by atoms with Crippen LogP contribution in [-0.2, 0) is 9.59 Å². The number of carbonyl (C=O) groups excluding carboxylic acids is 3. The molecule has 1 saturated heterocycles. The highest BCUT2D eigenvalue weighted by Gasteiger charge is 2.40. The van der Waals surface area contributed by atoms with Crippen LogP contribution in [0.4, 0.5) is 20.6 Å². The molecule has 8 heteroatoms. The maximum atomic E-state index is 13.0. The van der Waals surface area contributed by atoms with E-state index in [0.717, 1.165) is 23.2 Å². The van der Waals surface area contributed by atoms with Gasteiger partial charge < -0.3 is 0 Å². The molecule has 1 fully saturated rings. The van der Waals surface area contributed by atoms with Gasteiger partial charge in [0.1, 0.15) is 5.82 Å². The summed E-state index contributed by atoms with van der Waals surface area (Å²) in [6.45, 7) is 0. The van der Waals surface area contributed by atoms with Gasteiger partial charge in [0.05, 0.1) is 11.4 Å². The molecule has 1 aliphatic heterocycles. The third kappa shape index (κ3) is 3.56. The average molecular weight is 360 g/mol. The molecule has 0 radical (unpaired) electrons. The van der Waals surface area contributed by atoms with E-state index in [4.69, 9.17) is 11.6 Å². The van der Waals surface area contributed by atoms with Crippen LogP contribution >= 0.6 is 11.6 Å². The van der Waals surface area contributed by atoms with E-state index in [2.05, 4.69) is 10.3 Å². The number of nitrogens with zero attached hydrogens (tertiary/aromatic N) is 2. The van der Waals surface area contributed by atoms with Crippen molar-refractivity contribution in [2.75, 3.05) is 4.90 Å². The molecule has 0 unspecified atom stereocenters. The van der Waals surface area contributed by atoms with Gasteiger partial charge in [0, 0.05) is 11.2 Å². The Morgan fingerprint density at radius 1 is 1.04 bits per heavy atom. The summed E-state index contributed by atoms with van der Waals surface area (Å²) in [6, 6.07) is 10.4. The van der Waals surface area contributed by atoms with E-state index in [-0.39, 0.29) is 5.69 Å². The van der Waals surface area contributed by atoms with Crippen LogP contribution in [0.5, 0.6) is 0 Å². The van der Waals surface area contributed by atoms with Gasteiger partial charge in [0.25, 0.3) is 5.91 Å². The fourth-order valence-corrected chi connectivity index (χ4v) is 2.37. The molecule has 0 spiro atoms. The maximum absolute atomic E-state index is 13.0. The molecular formula is C17H11ClFN3O3. The highest BCUT2D eigenvalue weighted by Crippen LogP contribution is 2.21. The normalized spacial score (nSPS) is 17.9. The summed E-state index contributed by atoms with van der Waals surface area (Å²) in [5.74, 6) is -3.33. The highest BCUT2D eigenvalue weighted by atomic mass is 35.5. The largest absolute Gasteiger partial charge is 0.335 e. The zero-order chi connectivity index (χ0) is 18.0. The number of urea groups is 1. The minimum atomic E-state index is -1.28. The molecule has 6 nitrogen and oxygen atoms in total. The quantitative estimate of drug-likeness (QED) is 0.675. The fourth-order valence-electron chi connectivity index (χ4n) is 2.24. The van der Waals surface area contributed by atoms with E-state index in [9.17, 15) is 18.8 Å². The number of hydrogen-bond acceptors (Lipinski definition) is 4. The maximum Gasteiger partial charge on any atom is 0.335 e. The molecule has 1 atom stereocenters. The lowest BCUT2D eigenvalue weighted by atomic mass is 10.1. The second kappa shape index (κ2) is 6.82. The fraction of sp³-hybridized carbons (Fsp3) is 0.0588. The molecule has 0 saturated carbocycles. The van der Waals surface area contributed by atoms with Crippen molar-refractivity contribution in [2.45, 2.75) is 0 Å². The molecule has 0 aromatic heterocycles. The van der Waals surface area contributed by atoms with Gasteiger partial charge in [-0.1, -0.05) is 11.6 Å². The molecule has 1 heterocycles. The smallest absolute Gasteiger partial charge is 0.276 e. The summed E-state index contributed by atoms with van der Waals surface area (Å²) in [6.07, 6.45) is 1.16. The van der Waals surface area contributed by atoms with Gasteiger partial charge in [-0.3, -0.25) is 19.9 Å². The average Bonchev–Trinajstić information content (AvgIpc) is 2.57. The summed E-state index contributed by atoms with van der Waals surface area (Å²) in [5, 5.41) is 2.62. The number of rotatable bonds is 3. The molecule has 25 heavy (non-hydrogen) atoms. The van der Waals surface area contributed by atoms with E-state index >= 15 is 0 Å². The summed E-state index contributed by atoms with van der Waals surface area (Å²) >= 11 is 5.78. The number of imide groups is 2. The van der Waals surface area contributed by atoms with Gasteiger partial charge in [-0.15, -0.1) is 0 Å². The highest BCUT2D eigenvalue weighted by molar-refractivity contribution is 6.32. The SMILES string of the molecule is O=C1NC(=O)N(c2ccc(F)cc2)C(=O)[C@@H]1C=Nc1ccc(Cl)cc1. The molecule has 126 valence electrons. The molecular weight excluding hydrogens is 349 g/mol. The third-order valence-corrected chi connectivity index (χ3v) is 3.74. The monoisotopic (exact) mass is 359 g/mol. The van der Waals surface area contributed by atoms with Gasteiger partial charge in [-0.25, -0.2) is 14.1 Å². The number of amides is 4. The van der Waals surface area contributed by atoms with Crippen LogP contribution in [0, 0.1) is 11.7 Å². The van der Waals surface area contributed by atoms with Crippen LogP contribution in [0.15, 0.2) is 53.5 Å². The Balaban J connectivity index is 1.87. The van der Waals surface area contributed by atoms with E-state index in [1.807, 2.05) is 0 Å². The van der Waals surface area contributed by atoms with Crippen molar-refractivity contribution < 1.29 is 18.8 Å². The molecule has 0 aliphatic carbocycles. The summed E-state index contributed by atoms with van der Waals surface area (Å²) < 4.78 is 13.0. The number of barbiturate groups is 1. The summed E-state index contributed by atoms with van der Waals surface area (Å²) in [5.41, 5.74) is 0.650. The zero-order valence-electron chi connectivity index (χ0n) is 12.6. The number of nitrogens with one attached hydrogen (secondary N) is 1. The predicted octanol–water partition coefficient (Wildman–Crippen LogP) is 3.08. The number of hydrogen-bond donors (Lipinski definition) is 1. The van der Waals surface area contributed by atoms with Crippen LogP contribution in [0.2, 0.25) is 5.02 Å². The Hall–Kier alpha value is -3.06. The molecule has 0 bridgehead atoms. The lowest BCUT2D eigenvalue weighted by Gasteiger charge is -2.28. The number of halogens is 2. The lowest BCUT2D eigenvalue weighted by Crippen LogP contribution is -2.58. The lowest BCUT2D eigenvalue weighted by molar-refractivity contribution is -0.131. The molecule has 2 aromatic carbocycles.